The summed E-state index contributed by atoms with van der Waals surface area (Å²) in [5.74, 6) is -0.110. The molecule has 1 aromatic rings. The summed E-state index contributed by atoms with van der Waals surface area (Å²) in [6.07, 6.45) is 0.336. The molecule has 0 heterocycles. The number of benzene rings is 1. The standard InChI is InChI=1S/C13H18ClFO2/c1-9(8-17-2)5-12(16)6-10-3-4-11(14)7-13(10)15/h3-4,7,9,12,16H,5-6,8H2,1-2H3. The Labute approximate surface area is 106 Å². The van der Waals surface area contributed by atoms with Gasteiger partial charge in [-0.2, -0.15) is 0 Å². The van der Waals surface area contributed by atoms with Crippen LogP contribution in [0, 0.1) is 11.7 Å². The predicted octanol–water partition coefficient (Wildman–Crippen LogP) is 3.06. The fourth-order valence-electron chi connectivity index (χ4n) is 1.84. The van der Waals surface area contributed by atoms with Crippen molar-refractivity contribution in [3.63, 3.8) is 0 Å². The first kappa shape index (κ1) is 14.4. The van der Waals surface area contributed by atoms with Crippen molar-refractivity contribution < 1.29 is 14.2 Å². The Morgan fingerprint density at radius 1 is 1.47 bits per heavy atom. The predicted molar refractivity (Wildman–Crippen MR) is 66.8 cm³/mol. The maximum absolute atomic E-state index is 13.5. The van der Waals surface area contributed by atoms with E-state index in [1.165, 1.54) is 6.07 Å². The zero-order chi connectivity index (χ0) is 12.8. The minimum Gasteiger partial charge on any atom is -0.393 e. The van der Waals surface area contributed by atoms with Gasteiger partial charge in [0, 0.05) is 25.2 Å². The van der Waals surface area contributed by atoms with Gasteiger partial charge < -0.3 is 9.84 Å². The van der Waals surface area contributed by atoms with Crippen LogP contribution < -0.4 is 0 Å². The molecule has 0 aliphatic carbocycles. The van der Waals surface area contributed by atoms with Gasteiger partial charge in [-0.15, -0.1) is 0 Å². The highest BCUT2D eigenvalue weighted by Gasteiger charge is 2.13. The number of rotatable bonds is 6. The smallest absolute Gasteiger partial charge is 0.127 e. The first-order valence-electron chi connectivity index (χ1n) is 5.64. The Kier molecular flexibility index (Phi) is 5.89. The fourth-order valence-corrected chi connectivity index (χ4v) is 2.00. The number of hydrogen-bond acceptors (Lipinski definition) is 2. The van der Waals surface area contributed by atoms with Crippen molar-refractivity contribution in [2.45, 2.75) is 25.9 Å². The van der Waals surface area contributed by atoms with E-state index in [9.17, 15) is 9.50 Å². The van der Waals surface area contributed by atoms with Gasteiger partial charge in [0.05, 0.1) is 6.10 Å². The highest BCUT2D eigenvalue weighted by Crippen LogP contribution is 2.18. The molecular formula is C13H18ClFO2. The van der Waals surface area contributed by atoms with Crippen molar-refractivity contribution in [2.75, 3.05) is 13.7 Å². The van der Waals surface area contributed by atoms with Crippen LogP contribution in [0.4, 0.5) is 4.39 Å². The summed E-state index contributed by atoms with van der Waals surface area (Å²) in [6, 6.07) is 4.51. The summed E-state index contributed by atoms with van der Waals surface area (Å²) in [4.78, 5) is 0. The van der Waals surface area contributed by atoms with Gasteiger partial charge in [-0.05, 0) is 30.0 Å². The van der Waals surface area contributed by atoms with E-state index >= 15 is 0 Å². The lowest BCUT2D eigenvalue weighted by atomic mass is 9.99. The van der Waals surface area contributed by atoms with Crippen LogP contribution in [-0.2, 0) is 11.2 Å². The Morgan fingerprint density at radius 3 is 2.76 bits per heavy atom. The van der Waals surface area contributed by atoms with Crippen molar-refractivity contribution in [1.82, 2.24) is 0 Å². The monoisotopic (exact) mass is 260 g/mol. The lowest BCUT2D eigenvalue weighted by Crippen LogP contribution is -2.18. The molecule has 0 amide bonds. The Morgan fingerprint density at radius 2 is 2.18 bits per heavy atom. The second-order valence-corrected chi connectivity index (χ2v) is 4.83. The van der Waals surface area contributed by atoms with Crippen LogP contribution in [-0.4, -0.2) is 24.9 Å². The third-order valence-corrected chi connectivity index (χ3v) is 2.83. The summed E-state index contributed by atoms with van der Waals surface area (Å²) in [5.41, 5.74) is 0.492. The quantitative estimate of drug-likeness (QED) is 0.852. The molecule has 0 aromatic heterocycles. The van der Waals surface area contributed by atoms with Gasteiger partial charge in [-0.25, -0.2) is 4.39 Å². The van der Waals surface area contributed by atoms with Gasteiger partial charge in [-0.3, -0.25) is 0 Å². The Balaban J connectivity index is 2.52. The molecule has 0 spiro atoms. The highest BCUT2D eigenvalue weighted by atomic mass is 35.5. The van der Waals surface area contributed by atoms with Crippen LogP contribution in [0.2, 0.25) is 5.02 Å². The molecule has 96 valence electrons. The van der Waals surface area contributed by atoms with Gasteiger partial charge in [0.1, 0.15) is 5.82 Å². The average Bonchev–Trinajstić information content (AvgIpc) is 2.22. The Bertz CT molecular complexity index is 357. The largest absolute Gasteiger partial charge is 0.393 e. The molecule has 1 N–H and O–H groups in total. The zero-order valence-corrected chi connectivity index (χ0v) is 10.9. The van der Waals surface area contributed by atoms with E-state index in [-0.39, 0.29) is 11.7 Å². The van der Waals surface area contributed by atoms with Gasteiger partial charge in [-0.1, -0.05) is 24.6 Å². The van der Waals surface area contributed by atoms with E-state index in [4.69, 9.17) is 16.3 Å². The fraction of sp³-hybridized carbons (Fsp3) is 0.538. The molecule has 1 rings (SSSR count). The molecular weight excluding hydrogens is 243 g/mol. The van der Waals surface area contributed by atoms with Crippen molar-refractivity contribution in [1.29, 1.82) is 0 Å². The number of methoxy groups -OCH3 is 1. The van der Waals surface area contributed by atoms with E-state index in [2.05, 4.69) is 0 Å². The average molecular weight is 261 g/mol. The van der Waals surface area contributed by atoms with Gasteiger partial charge in [0.2, 0.25) is 0 Å². The number of hydrogen-bond donors (Lipinski definition) is 1. The normalized spacial score (nSPS) is 14.6. The molecule has 2 unspecified atom stereocenters. The lowest BCUT2D eigenvalue weighted by molar-refractivity contribution is 0.101. The van der Waals surface area contributed by atoms with Crippen molar-refractivity contribution in [3.8, 4) is 0 Å². The number of aliphatic hydroxyl groups excluding tert-OH is 1. The topological polar surface area (TPSA) is 29.5 Å². The second-order valence-electron chi connectivity index (χ2n) is 4.39. The summed E-state index contributed by atoms with van der Waals surface area (Å²) in [5, 5.41) is 10.2. The molecule has 0 aliphatic rings. The molecule has 0 aliphatic heterocycles. The van der Waals surface area contributed by atoms with E-state index in [1.54, 1.807) is 19.2 Å². The number of aliphatic hydroxyl groups is 1. The molecule has 17 heavy (non-hydrogen) atoms. The minimum absolute atomic E-state index is 0.255. The third-order valence-electron chi connectivity index (χ3n) is 2.60. The second kappa shape index (κ2) is 6.94. The third kappa shape index (κ3) is 5.02. The SMILES string of the molecule is COCC(C)CC(O)Cc1ccc(Cl)cc1F. The van der Waals surface area contributed by atoms with Crippen LogP contribution in [0.3, 0.4) is 0 Å². The molecule has 0 saturated carbocycles. The van der Waals surface area contributed by atoms with Crippen molar-refractivity contribution in [3.05, 3.63) is 34.6 Å². The Hall–Kier alpha value is -0.640. The molecule has 0 fully saturated rings. The maximum Gasteiger partial charge on any atom is 0.127 e. The van der Waals surface area contributed by atoms with Crippen LogP contribution in [0.5, 0.6) is 0 Å². The van der Waals surface area contributed by atoms with E-state index in [0.29, 0.717) is 30.0 Å². The van der Waals surface area contributed by atoms with Gasteiger partial charge >= 0.3 is 0 Å². The van der Waals surface area contributed by atoms with E-state index in [0.717, 1.165) is 0 Å². The highest BCUT2D eigenvalue weighted by molar-refractivity contribution is 6.30. The van der Waals surface area contributed by atoms with Crippen molar-refractivity contribution in [2.24, 2.45) is 5.92 Å². The van der Waals surface area contributed by atoms with E-state index in [1.807, 2.05) is 6.92 Å². The molecule has 4 heteroatoms. The molecule has 2 atom stereocenters. The van der Waals surface area contributed by atoms with Gasteiger partial charge in [0.15, 0.2) is 0 Å². The van der Waals surface area contributed by atoms with Crippen LogP contribution in [0.25, 0.3) is 0 Å². The molecule has 0 radical (unpaired) electrons. The van der Waals surface area contributed by atoms with Crippen LogP contribution in [0.15, 0.2) is 18.2 Å². The molecule has 1 aromatic carbocycles. The first-order chi connectivity index (χ1) is 8.02. The van der Waals surface area contributed by atoms with Crippen LogP contribution in [0.1, 0.15) is 18.9 Å². The summed E-state index contributed by atoms with van der Waals surface area (Å²) >= 11 is 5.66. The summed E-state index contributed by atoms with van der Waals surface area (Å²) in [7, 11) is 1.63. The first-order valence-corrected chi connectivity index (χ1v) is 6.01. The van der Waals surface area contributed by atoms with Crippen LogP contribution >= 0.6 is 11.6 Å². The maximum atomic E-state index is 13.5. The molecule has 0 bridgehead atoms. The summed E-state index contributed by atoms with van der Waals surface area (Å²) in [6.45, 7) is 2.59. The zero-order valence-electron chi connectivity index (χ0n) is 10.1. The van der Waals surface area contributed by atoms with Gasteiger partial charge in [0.25, 0.3) is 0 Å². The molecule has 0 saturated heterocycles. The van der Waals surface area contributed by atoms with Crippen molar-refractivity contribution >= 4 is 11.6 Å². The lowest BCUT2D eigenvalue weighted by Gasteiger charge is -2.16. The molecule has 2 nitrogen and oxygen atoms in total. The number of halogens is 2. The van der Waals surface area contributed by atoms with E-state index < -0.39 is 6.10 Å². The summed E-state index contributed by atoms with van der Waals surface area (Å²) < 4.78 is 18.5. The number of ether oxygens (including phenoxy) is 1. The minimum atomic E-state index is -0.559.